The van der Waals surface area contributed by atoms with E-state index < -0.39 is 35.3 Å². The summed E-state index contributed by atoms with van der Waals surface area (Å²) in [6.07, 6.45) is -6.03. The molecule has 1 atom stereocenters. The van der Waals surface area contributed by atoms with E-state index in [1.165, 1.54) is 25.1 Å². The van der Waals surface area contributed by atoms with Crippen LogP contribution in [0.25, 0.3) is 11.1 Å². The zero-order valence-electron chi connectivity index (χ0n) is 15.6. The van der Waals surface area contributed by atoms with Gasteiger partial charge in [-0.25, -0.2) is 9.18 Å². The fourth-order valence-electron chi connectivity index (χ4n) is 3.07. The molecule has 2 aromatic rings. The van der Waals surface area contributed by atoms with Gasteiger partial charge in [-0.3, -0.25) is 14.5 Å². The first-order chi connectivity index (χ1) is 14.1. The Balaban J connectivity index is 1.87. The highest BCUT2D eigenvalue weighted by Crippen LogP contribution is 2.36. The maximum Gasteiger partial charge on any atom is 0.417 e. The maximum atomic E-state index is 14.7. The van der Waals surface area contributed by atoms with Crippen molar-refractivity contribution in [2.75, 3.05) is 18.0 Å². The molecular weight excluding hydrogens is 408 g/mol. The van der Waals surface area contributed by atoms with Gasteiger partial charge in [-0.1, -0.05) is 12.1 Å². The monoisotopic (exact) mass is 424 g/mol. The Hall–Kier alpha value is -3.43. The standard InChI is InChI=1S/C20H16F4N2O4/c1-11(28)25-8-15-9-26(19(29)30-15)14-4-5-16(18(21)7-14)12-2-3-13(10-27)17(6-12)20(22,23)24/h2-7,10,15H,8-9H2,1H3,(H,25,28)/t15-/m0/s1. The van der Waals surface area contributed by atoms with E-state index in [2.05, 4.69) is 5.32 Å². The van der Waals surface area contributed by atoms with Gasteiger partial charge in [-0.15, -0.1) is 0 Å². The van der Waals surface area contributed by atoms with Gasteiger partial charge in [-0.2, -0.15) is 13.2 Å². The van der Waals surface area contributed by atoms with Crippen molar-refractivity contribution in [3.8, 4) is 11.1 Å². The number of hydrogen-bond acceptors (Lipinski definition) is 4. The lowest BCUT2D eigenvalue weighted by Gasteiger charge is -2.15. The van der Waals surface area contributed by atoms with Crippen LogP contribution in [0, 0.1) is 5.82 Å². The average Bonchev–Trinajstić information content (AvgIpc) is 3.06. The largest absolute Gasteiger partial charge is 0.442 e. The summed E-state index contributed by atoms with van der Waals surface area (Å²) < 4.78 is 59.3. The molecule has 0 aliphatic carbocycles. The van der Waals surface area contributed by atoms with Crippen molar-refractivity contribution in [3.05, 3.63) is 53.3 Å². The van der Waals surface area contributed by atoms with Gasteiger partial charge in [0.1, 0.15) is 11.9 Å². The van der Waals surface area contributed by atoms with E-state index in [4.69, 9.17) is 4.74 Å². The first kappa shape index (κ1) is 21.3. The van der Waals surface area contributed by atoms with Gasteiger partial charge in [0.15, 0.2) is 6.29 Å². The van der Waals surface area contributed by atoms with Gasteiger partial charge in [0.25, 0.3) is 0 Å². The Bertz CT molecular complexity index is 1010. The zero-order chi connectivity index (χ0) is 22.1. The first-order valence-corrected chi connectivity index (χ1v) is 8.79. The van der Waals surface area contributed by atoms with Crippen molar-refractivity contribution < 1.29 is 36.7 Å². The van der Waals surface area contributed by atoms with Gasteiger partial charge < -0.3 is 10.1 Å². The van der Waals surface area contributed by atoms with E-state index in [9.17, 15) is 31.9 Å². The Morgan fingerprint density at radius 2 is 2.00 bits per heavy atom. The molecule has 1 saturated heterocycles. The fourth-order valence-corrected chi connectivity index (χ4v) is 3.07. The van der Waals surface area contributed by atoms with Crippen molar-refractivity contribution in [2.45, 2.75) is 19.2 Å². The van der Waals surface area contributed by atoms with E-state index in [1.54, 1.807) is 0 Å². The van der Waals surface area contributed by atoms with Crippen LogP contribution in [0.1, 0.15) is 22.8 Å². The Kier molecular flexibility index (Phi) is 5.77. The number of nitrogens with zero attached hydrogens (tertiary/aromatic N) is 1. The average molecular weight is 424 g/mol. The van der Waals surface area contributed by atoms with Crippen LogP contribution in [0.5, 0.6) is 0 Å². The van der Waals surface area contributed by atoms with Crippen LogP contribution in [0.2, 0.25) is 0 Å². The quantitative estimate of drug-likeness (QED) is 0.586. The number of ether oxygens (including phenoxy) is 1. The number of amides is 2. The van der Waals surface area contributed by atoms with Gasteiger partial charge >= 0.3 is 12.3 Å². The molecule has 0 unspecified atom stereocenters. The third-order valence-electron chi connectivity index (χ3n) is 4.51. The number of benzene rings is 2. The third kappa shape index (κ3) is 4.42. The van der Waals surface area contributed by atoms with E-state index >= 15 is 0 Å². The Labute approximate surface area is 168 Å². The number of carbonyl (C=O) groups excluding carboxylic acids is 3. The maximum absolute atomic E-state index is 14.7. The summed E-state index contributed by atoms with van der Waals surface area (Å²) in [5, 5.41) is 2.52. The highest BCUT2D eigenvalue weighted by molar-refractivity contribution is 5.90. The summed E-state index contributed by atoms with van der Waals surface area (Å²) in [6, 6.07) is 6.53. The molecule has 0 saturated carbocycles. The summed E-state index contributed by atoms with van der Waals surface area (Å²) in [5.74, 6) is -1.14. The lowest BCUT2D eigenvalue weighted by Crippen LogP contribution is -2.33. The van der Waals surface area contributed by atoms with Gasteiger partial charge in [0.05, 0.1) is 24.3 Å². The number of carbonyl (C=O) groups is 3. The third-order valence-corrected chi connectivity index (χ3v) is 4.51. The second kappa shape index (κ2) is 8.13. The summed E-state index contributed by atoms with van der Waals surface area (Å²) in [6.45, 7) is 1.49. The number of cyclic esters (lactones) is 1. The SMILES string of the molecule is CC(=O)NC[C@H]1CN(c2ccc(-c3ccc(C=O)c(C(F)(F)F)c3)c(F)c2)C(=O)O1. The normalized spacial score (nSPS) is 16.4. The van der Waals surface area contributed by atoms with Gasteiger partial charge in [0, 0.05) is 18.1 Å². The second-order valence-electron chi connectivity index (χ2n) is 6.64. The molecular formula is C20H16F4N2O4. The van der Waals surface area contributed by atoms with Crippen LogP contribution in [0.15, 0.2) is 36.4 Å². The Morgan fingerprint density at radius 3 is 2.60 bits per heavy atom. The lowest BCUT2D eigenvalue weighted by molar-refractivity contribution is -0.137. The van der Waals surface area contributed by atoms with Gasteiger partial charge in [0.2, 0.25) is 5.91 Å². The molecule has 2 amide bonds. The second-order valence-corrected chi connectivity index (χ2v) is 6.64. The molecule has 2 aromatic carbocycles. The van der Waals surface area contributed by atoms with Gasteiger partial charge in [-0.05, 0) is 29.8 Å². The molecule has 3 rings (SSSR count). The molecule has 1 N–H and O–H groups in total. The molecule has 6 nitrogen and oxygen atoms in total. The molecule has 1 heterocycles. The van der Waals surface area contributed by atoms with E-state index in [1.807, 2.05) is 0 Å². The summed E-state index contributed by atoms with van der Waals surface area (Å²) in [7, 11) is 0. The minimum absolute atomic E-state index is 0.0653. The number of anilines is 1. The van der Waals surface area contributed by atoms with E-state index in [-0.39, 0.29) is 42.1 Å². The van der Waals surface area contributed by atoms with E-state index in [0.29, 0.717) is 6.07 Å². The molecule has 10 heteroatoms. The summed E-state index contributed by atoms with van der Waals surface area (Å²) in [4.78, 5) is 35.0. The predicted octanol–water partition coefficient (Wildman–Crippen LogP) is 3.79. The summed E-state index contributed by atoms with van der Waals surface area (Å²) in [5.41, 5.74) is -1.74. The molecule has 1 aliphatic heterocycles. The van der Waals surface area contributed by atoms with E-state index in [0.717, 1.165) is 17.0 Å². The molecule has 158 valence electrons. The lowest BCUT2D eigenvalue weighted by atomic mass is 9.98. The molecule has 1 aliphatic rings. The number of aldehydes is 1. The molecule has 1 fully saturated rings. The molecule has 0 radical (unpaired) electrons. The molecule has 0 aromatic heterocycles. The van der Waals surface area contributed by atoms with Crippen molar-refractivity contribution in [1.29, 1.82) is 0 Å². The molecule has 0 spiro atoms. The highest BCUT2D eigenvalue weighted by Gasteiger charge is 2.34. The summed E-state index contributed by atoms with van der Waals surface area (Å²) >= 11 is 0. The van der Waals surface area contributed by atoms with Crippen LogP contribution >= 0.6 is 0 Å². The fraction of sp³-hybridized carbons (Fsp3) is 0.250. The first-order valence-electron chi connectivity index (χ1n) is 8.79. The van der Waals surface area contributed by atoms with Crippen LogP contribution in [0.3, 0.4) is 0 Å². The van der Waals surface area contributed by atoms with Crippen LogP contribution < -0.4 is 10.2 Å². The van der Waals surface area contributed by atoms with Crippen molar-refractivity contribution in [2.24, 2.45) is 0 Å². The number of halogens is 4. The van der Waals surface area contributed by atoms with Crippen molar-refractivity contribution in [3.63, 3.8) is 0 Å². The number of alkyl halides is 3. The topological polar surface area (TPSA) is 75.7 Å². The van der Waals surface area contributed by atoms with Crippen molar-refractivity contribution >= 4 is 24.0 Å². The smallest absolute Gasteiger partial charge is 0.417 e. The molecule has 30 heavy (non-hydrogen) atoms. The predicted molar refractivity (Wildman–Crippen MR) is 98.5 cm³/mol. The number of hydrogen-bond donors (Lipinski definition) is 1. The minimum atomic E-state index is -4.77. The Morgan fingerprint density at radius 1 is 1.27 bits per heavy atom. The number of nitrogens with one attached hydrogen (secondary N) is 1. The highest BCUT2D eigenvalue weighted by atomic mass is 19.4. The van der Waals surface area contributed by atoms with Crippen LogP contribution in [-0.4, -0.2) is 37.5 Å². The number of rotatable bonds is 5. The minimum Gasteiger partial charge on any atom is -0.442 e. The molecule has 0 bridgehead atoms. The van der Waals surface area contributed by atoms with Crippen LogP contribution in [-0.2, 0) is 15.7 Å². The zero-order valence-corrected chi connectivity index (χ0v) is 15.6. The van der Waals surface area contributed by atoms with Crippen molar-refractivity contribution in [1.82, 2.24) is 5.32 Å². The van der Waals surface area contributed by atoms with Crippen LogP contribution in [0.4, 0.5) is 28.0 Å².